The highest BCUT2D eigenvalue weighted by Gasteiger charge is 2.36. The van der Waals surface area contributed by atoms with Gasteiger partial charge in [0.05, 0.1) is 6.61 Å². The van der Waals surface area contributed by atoms with E-state index in [2.05, 4.69) is 0 Å². The Balaban J connectivity index is 2.68. The third-order valence-corrected chi connectivity index (χ3v) is 2.37. The predicted octanol–water partition coefficient (Wildman–Crippen LogP) is 0.129. The first-order chi connectivity index (χ1) is 7.07. The molecular weight excluding hydrogens is 198 g/mol. The molecule has 0 saturated carbocycles. The third kappa shape index (κ3) is 2.55. The zero-order valence-corrected chi connectivity index (χ0v) is 8.99. The van der Waals surface area contributed by atoms with Crippen LogP contribution in [-0.2, 0) is 19.1 Å². The van der Waals surface area contributed by atoms with E-state index in [1.165, 1.54) is 11.8 Å². The molecule has 1 amide bonds. The Morgan fingerprint density at radius 2 is 2.07 bits per heavy atom. The minimum absolute atomic E-state index is 0.289. The maximum absolute atomic E-state index is 11.5. The number of ketones is 1. The van der Waals surface area contributed by atoms with Crippen molar-refractivity contribution in [2.24, 2.45) is 0 Å². The second kappa shape index (κ2) is 4.91. The van der Waals surface area contributed by atoms with E-state index in [-0.39, 0.29) is 6.61 Å². The number of rotatable bonds is 3. The van der Waals surface area contributed by atoms with Gasteiger partial charge in [0.1, 0.15) is 6.04 Å². The summed E-state index contributed by atoms with van der Waals surface area (Å²) in [5.74, 6) is -1.54. The van der Waals surface area contributed by atoms with Crippen LogP contribution in [0.3, 0.4) is 0 Å². The SMILES string of the molecule is CCOC(=O)[C@H]1CCCN1C(=O)C(C)=O. The molecule has 5 heteroatoms. The molecule has 0 aromatic heterocycles. The van der Waals surface area contributed by atoms with Crippen LogP contribution in [0.5, 0.6) is 0 Å². The van der Waals surface area contributed by atoms with Gasteiger partial charge < -0.3 is 9.64 Å². The summed E-state index contributed by atoms with van der Waals surface area (Å²) in [5.41, 5.74) is 0. The van der Waals surface area contributed by atoms with Gasteiger partial charge in [-0.25, -0.2) is 4.79 Å². The fraction of sp³-hybridized carbons (Fsp3) is 0.700. The summed E-state index contributed by atoms with van der Waals surface area (Å²) >= 11 is 0. The number of hydrogen-bond donors (Lipinski definition) is 0. The van der Waals surface area contributed by atoms with Gasteiger partial charge >= 0.3 is 5.97 Å². The van der Waals surface area contributed by atoms with Crippen molar-refractivity contribution in [2.45, 2.75) is 32.7 Å². The molecule has 1 atom stereocenters. The van der Waals surface area contributed by atoms with Crippen LogP contribution in [-0.4, -0.2) is 41.8 Å². The highest BCUT2D eigenvalue weighted by molar-refractivity contribution is 6.35. The second-order valence-electron chi connectivity index (χ2n) is 3.46. The lowest BCUT2D eigenvalue weighted by molar-refractivity contribution is -0.154. The van der Waals surface area contributed by atoms with E-state index in [0.29, 0.717) is 13.0 Å². The van der Waals surface area contributed by atoms with Crippen molar-refractivity contribution >= 4 is 17.7 Å². The van der Waals surface area contributed by atoms with Crippen LogP contribution < -0.4 is 0 Å². The average Bonchev–Trinajstić information content (AvgIpc) is 2.65. The zero-order valence-electron chi connectivity index (χ0n) is 8.99. The number of nitrogens with zero attached hydrogens (tertiary/aromatic N) is 1. The molecule has 1 aliphatic rings. The van der Waals surface area contributed by atoms with Crippen LogP contribution in [0.15, 0.2) is 0 Å². The normalized spacial score (nSPS) is 20.1. The molecule has 15 heavy (non-hydrogen) atoms. The maximum Gasteiger partial charge on any atom is 0.328 e. The van der Waals surface area contributed by atoms with Crippen LogP contribution in [0.2, 0.25) is 0 Å². The van der Waals surface area contributed by atoms with Gasteiger partial charge in [-0.3, -0.25) is 9.59 Å². The Morgan fingerprint density at radius 1 is 1.40 bits per heavy atom. The van der Waals surface area contributed by atoms with Crippen molar-refractivity contribution in [2.75, 3.05) is 13.2 Å². The first-order valence-corrected chi connectivity index (χ1v) is 5.06. The zero-order chi connectivity index (χ0) is 11.4. The first-order valence-electron chi connectivity index (χ1n) is 5.06. The monoisotopic (exact) mass is 213 g/mol. The van der Waals surface area contributed by atoms with Crippen molar-refractivity contribution in [1.82, 2.24) is 4.90 Å². The van der Waals surface area contributed by atoms with E-state index < -0.39 is 23.7 Å². The standard InChI is InChI=1S/C10H15NO4/c1-3-15-10(14)8-5-4-6-11(8)9(13)7(2)12/h8H,3-6H2,1-2H3/t8-/m1/s1. The first kappa shape index (κ1) is 11.7. The number of ether oxygens (including phenoxy) is 1. The molecule has 1 saturated heterocycles. The molecule has 0 N–H and O–H groups in total. The number of amides is 1. The molecule has 0 aromatic rings. The molecule has 0 bridgehead atoms. The summed E-state index contributed by atoms with van der Waals surface area (Å²) in [6.45, 7) is 3.67. The van der Waals surface area contributed by atoms with Crippen molar-refractivity contribution < 1.29 is 19.1 Å². The Labute approximate surface area is 88.4 Å². The lowest BCUT2D eigenvalue weighted by atomic mass is 10.2. The van der Waals surface area contributed by atoms with Crippen molar-refractivity contribution in [3.63, 3.8) is 0 Å². The summed E-state index contributed by atoms with van der Waals surface area (Å²) in [5, 5.41) is 0. The van der Waals surface area contributed by atoms with Crippen LogP contribution >= 0.6 is 0 Å². The number of hydrogen-bond acceptors (Lipinski definition) is 4. The van der Waals surface area contributed by atoms with E-state index >= 15 is 0 Å². The van der Waals surface area contributed by atoms with Crippen molar-refractivity contribution in [1.29, 1.82) is 0 Å². The molecule has 1 heterocycles. The van der Waals surface area contributed by atoms with Gasteiger partial charge in [-0.15, -0.1) is 0 Å². The summed E-state index contributed by atoms with van der Waals surface area (Å²) in [7, 11) is 0. The van der Waals surface area contributed by atoms with Crippen LogP contribution in [0, 0.1) is 0 Å². The highest BCUT2D eigenvalue weighted by Crippen LogP contribution is 2.18. The predicted molar refractivity (Wildman–Crippen MR) is 52.0 cm³/mol. The Kier molecular flexibility index (Phi) is 3.82. The molecule has 0 aliphatic carbocycles. The maximum atomic E-state index is 11.5. The molecule has 84 valence electrons. The van der Waals surface area contributed by atoms with E-state index in [0.717, 1.165) is 6.42 Å². The minimum Gasteiger partial charge on any atom is -0.464 e. The topological polar surface area (TPSA) is 63.7 Å². The highest BCUT2D eigenvalue weighted by atomic mass is 16.5. The van der Waals surface area contributed by atoms with Gasteiger partial charge in [-0.2, -0.15) is 0 Å². The fourth-order valence-electron chi connectivity index (χ4n) is 1.70. The van der Waals surface area contributed by atoms with E-state index in [1.54, 1.807) is 6.92 Å². The Morgan fingerprint density at radius 3 is 2.60 bits per heavy atom. The molecule has 0 spiro atoms. The molecule has 1 aliphatic heterocycles. The smallest absolute Gasteiger partial charge is 0.328 e. The van der Waals surface area contributed by atoms with E-state index in [9.17, 15) is 14.4 Å². The molecule has 1 rings (SSSR count). The summed E-state index contributed by atoms with van der Waals surface area (Å²) in [6.07, 6.45) is 1.32. The Bertz CT molecular complexity index is 287. The van der Waals surface area contributed by atoms with E-state index in [4.69, 9.17) is 4.74 Å². The van der Waals surface area contributed by atoms with Gasteiger partial charge in [0.2, 0.25) is 5.78 Å². The van der Waals surface area contributed by atoms with Gasteiger partial charge in [0.15, 0.2) is 0 Å². The number of likely N-dealkylation sites (tertiary alicyclic amines) is 1. The van der Waals surface area contributed by atoms with Gasteiger partial charge in [0.25, 0.3) is 5.91 Å². The fourth-order valence-corrected chi connectivity index (χ4v) is 1.70. The van der Waals surface area contributed by atoms with Gasteiger partial charge in [-0.1, -0.05) is 0 Å². The summed E-state index contributed by atoms with van der Waals surface area (Å²) in [6, 6.07) is -0.568. The second-order valence-corrected chi connectivity index (χ2v) is 3.46. The molecule has 5 nitrogen and oxygen atoms in total. The molecule has 0 aromatic carbocycles. The van der Waals surface area contributed by atoms with Crippen LogP contribution in [0.4, 0.5) is 0 Å². The van der Waals surface area contributed by atoms with Gasteiger partial charge in [0, 0.05) is 13.5 Å². The lowest BCUT2D eigenvalue weighted by Crippen LogP contribution is -2.43. The quantitative estimate of drug-likeness (QED) is 0.493. The van der Waals surface area contributed by atoms with Crippen molar-refractivity contribution in [3.05, 3.63) is 0 Å². The van der Waals surface area contributed by atoms with E-state index in [1.807, 2.05) is 0 Å². The molecular formula is C10H15NO4. The lowest BCUT2D eigenvalue weighted by Gasteiger charge is -2.21. The van der Waals surface area contributed by atoms with Crippen LogP contribution in [0.25, 0.3) is 0 Å². The number of carbonyl (C=O) groups excluding carboxylic acids is 3. The minimum atomic E-state index is -0.592. The average molecular weight is 213 g/mol. The molecule has 0 unspecified atom stereocenters. The molecule has 1 fully saturated rings. The summed E-state index contributed by atoms with van der Waals surface area (Å²) in [4.78, 5) is 35.1. The number of esters is 1. The third-order valence-electron chi connectivity index (χ3n) is 2.37. The summed E-state index contributed by atoms with van der Waals surface area (Å²) < 4.78 is 4.84. The molecule has 0 radical (unpaired) electrons. The Hall–Kier alpha value is -1.39. The van der Waals surface area contributed by atoms with Crippen LogP contribution in [0.1, 0.15) is 26.7 Å². The van der Waals surface area contributed by atoms with Crippen molar-refractivity contribution in [3.8, 4) is 0 Å². The number of carbonyl (C=O) groups is 3. The van der Waals surface area contributed by atoms with Gasteiger partial charge in [-0.05, 0) is 19.8 Å². The number of Topliss-reactive ketones (excluding diaryl/α,β-unsaturated/α-hetero) is 1. The largest absolute Gasteiger partial charge is 0.464 e.